The van der Waals surface area contributed by atoms with Crippen molar-refractivity contribution in [3.63, 3.8) is 0 Å². The Morgan fingerprint density at radius 1 is 0.380 bits per heavy atom. The summed E-state index contributed by atoms with van der Waals surface area (Å²) in [5.74, 6) is 0.655. The summed E-state index contributed by atoms with van der Waals surface area (Å²) in [4.78, 5) is 10.6. The van der Waals surface area contributed by atoms with Crippen LogP contribution in [0.15, 0.2) is 170 Å². The first-order valence-corrected chi connectivity index (χ1v) is 17.0. The third-order valence-corrected chi connectivity index (χ3v) is 10.3. The third-order valence-electron chi connectivity index (χ3n) is 10.3. The predicted octanol–water partition coefficient (Wildman–Crippen LogP) is 11.8. The topological polar surface area (TPSA) is 35.6 Å². The van der Waals surface area contributed by atoms with Crippen molar-refractivity contribution in [2.45, 2.75) is 0 Å². The third kappa shape index (κ3) is 3.81. The molecular formula is C46H28N4. The van der Waals surface area contributed by atoms with Gasteiger partial charge >= 0.3 is 0 Å². The molecule has 0 aliphatic carbocycles. The average molecular weight is 637 g/mol. The monoisotopic (exact) mass is 636 g/mol. The van der Waals surface area contributed by atoms with E-state index in [0.717, 1.165) is 38.9 Å². The maximum Gasteiger partial charge on any atom is 0.235 e. The number of nitrogens with zero attached hydrogens (tertiary/aromatic N) is 4. The Bertz CT molecular complexity index is 3150. The Balaban J connectivity index is 1.29. The van der Waals surface area contributed by atoms with Crippen molar-refractivity contribution >= 4 is 76.1 Å². The molecule has 0 unspecified atom stereocenters. The molecule has 0 aliphatic heterocycles. The van der Waals surface area contributed by atoms with Gasteiger partial charge in [0, 0.05) is 43.6 Å². The maximum atomic E-state index is 5.37. The van der Waals surface area contributed by atoms with Crippen LogP contribution in [-0.2, 0) is 0 Å². The first kappa shape index (κ1) is 27.2. The molecule has 0 amide bonds. The molecule has 0 fully saturated rings. The minimum absolute atomic E-state index is 0.655. The molecule has 11 rings (SSSR count). The molecule has 0 atom stereocenters. The van der Waals surface area contributed by atoms with Crippen LogP contribution in [0.25, 0.3) is 99.0 Å². The van der Waals surface area contributed by atoms with Crippen molar-refractivity contribution < 1.29 is 0 Å². The van der Waals surface area contributed by atoms with Gasteiger partial charge in [-0.3, -0.25) is 4.57 Å². The second-order valence-corrected chi connectivity index (χ2v) is 13.0. The Hall–Kier alpha value is -6.78. The van der Waals surface area contributed by atoms with Crippen LogP contribution in [0.4, 0.5) is 0 Å². The van der Waals surface area contributed by atoms with E-state index in [1.165, 1.54) is 54.1 Å². The van der Waals surface area contributed by atoms with Gasteiger partial charge in [-0.1, -0.05) is 140 Å². The molecule has 0 spiro atoms. The first-order valence-electron chi connectivity index (χ1n) is 17.0. The number of aromatic nitrogens is 4. The van der Waals surface area contributed by atoms with E-state index in [-0.39, 0.29) is 0 Å². The van der Waals surface area contributed by atoms with Crippen LogP contribution in [0, 0.1) is 0 Å². The van der Waals surface area contributed by atoms with Gasteiger partial charge in [0.1, 0.15) is 0 Å². The number of benzene rings is 8. The number of rotatable bonds is 3. The van der Waals surface area contributed by atoms with E-state index in [9.17, 15) is 0 Å². The highest BCUT2D eigenvalue weighted by Crippen LogP contribution is 2.41. The smallest absolute Gasteiger partial charge is 0.235 e. The fraction of sp³-hybridized carbons (Fsp3) is 0. The van der Waals surface area contributed by atoms with Crippen molar-refractivity contribution in [2.75, 3.05) is 0 Å². The molecule has 0 bridgehead atoms. The highest BCUT2D eigenvalue weighted by atomic mass is 15.2. The van der Waals surface area contributed by atoms with E-state index in [4.69, 9.17) is 9.97 Å². The lowest BCUT2D eigenvalue weighted by atomic mass is 10.0. The van der Waals surface area contributed by atoms with Gasteiger partial charge in [-0.15, -0.1) is 0 Å². The van der Waals surface area contributed by atoms with Gasteiger partial charge < -0.3 is 4.57 Å². The zero-order valence-corrected chi connectivity index (χ0v) is 27.0. The Kier molecular flexibility index (Phi) is 5.63. The minimum Gasteiger partial charge on any atom is -0.309 e. The number of fused-ring (bicyclic) bond motifs is 11. The fourth-order valence-corrected chi connectivity index (χ4v) is 8.11. The van der Waals surface area contributed by atoms with E-state index in [1.807, 2.05) is 6.07 Å². The van der Waals surface area contributed by atoms with Gasteiger partial charge in [0.15, 0.2) is 0 Å². The van der Waals surface area contributed by atoms with Crippen molar-refractivity contribution in [3.8, 4) is 22.9 Å². The van der Waals surface area contributed by atoms with Crippen LogP contribution in [0.2, 0.25) is 0 Å². The van der Waals surface area contributed by atoms with E-state index in [0.29, 0.717) is 5.95 Å². The molecule has 4 nitrogen and oxygen atoms in total. The fourth-order valence-electron chi connectivity index (χ4n) is 8.11. The van der Waals surface area contributed by atoms with Crippen molar-refractivity contribution in [2.24, 2.45) is 0 Å². The Morgan fingerprint density at radius 2 is 1.04 bits per heavy atom. The van der Waals surface area contributed by atoms with Crippen molar-refractivity contribution in [1.29, 1.82) is 0 Å². The average Bonchev–Trinajstić information content (AvgIpc) is 3.71. The van der Waals surface area contributed by atoms with Crippen LogP contribution in [0.5, 0.6) is 0 Å². The van der Waals surface area contributed by atoms with Crippen LogP contribution in [0.3, 0.4) is 0 Å². The Morgan fingerprint density at radius 3 is 1.90 bits per heavy atom. The van der Waals surface area contributed by atoms with Crippen molar-refractivity contribution in [3.05, 3.63) is 170 Å². The van der Waals surface area contributed by atoms with Gasteiger partial charge in [-0.25, -0.2) is 9.97 Å². The molecule has 11 aromatic rings. The molecule has 3 aromatic heterocycles. The molecule has 4 heteroatoms. The second kappa shape index (κ2) is 10.4. The zero-order chi connectivity index (χ0) is 32.8. The summed E-state index contributed by atoms with van der Waals surface area (Å²) >= 11 is 0. The molecule has 3 heterocycles. The van der Waals surface area contributed by atoms with Gasteiger partial charge in [-0.05, 0) is 46.5 Å². The van der Waals surface area contributed by atoms with Gasteiger partial charge in [0.25, 0.3) is 0 Å². The standard InChI is InChI=1S/C46H28N4/c1-2-14-31(15-3-1)44-37-19-8-10-20-39(37)47-46(48-44)50-41-27-23-29-12-4-6-16-33(29)43(41)38-26-24-32(28-42(38)50)49-40-21-11-9-18-35(40)36-25-22-30-13-5-7-17-34(30)45(36)49/h1-28H. The summed E-state index contributed by atoms with van der Waals surface area (Å²) in [6, 6.07) is 60.7. The highest BCUT2D eigenvalue weighted by Gasteiger charge is 2.21. The normalized spacial score (nSPS) is 12.0. The second-order valence-electron chi connectivity index (χ2n) is 13.0. The minimum atomic E-state index is 0.655. The predicted molar refractivity (Wildman–Crippen MR) is 209 cm³/mol. The SMILES string of the molecule is c1ccc(-c2nc(-n3c4cc(-n5c6ccccc6c6ccc7ccccc7c65)ccc4c4c5ccccc5ccc43)nc3ccccc23)cc1. The van der Waals surface area contributed by atoms with Crippen LogP contribution >= 0.6 is 0 Å². The summed E-state index contributed by atoms with van der Waals surface area (Å²) in [6.07, 6.45) is 0. The molecule has 0 saturated heterocycles. The largest absolute Gasteiger partial charge is 0.309 e. The lowest BCUT2D eigenvalue weighted by molar-refractivity contribution is 1.01. The molecule has 50 heavy (non-hydrogen) atoms. The Labute approximate surface area is 287 Å². The molecule has 0 N–H and O–H groups in total. The van der Waals surface area contributed by atoms with E-state index < -0.39 is 0 Å². The molecule has 0 aliphatic rings. The van der Waals surface area contributed by atoms with E-state index >= 15 is 0 Å². The van der Waals surface area contributed by atoms with E-state index in [1.54, 1.807) is 0 Å². The van der Waals surface area contributed by atoms with Gasteiger partial charge in [0.2, 0.25) is 5.95 Å². The molecule has 0 saturated carbocycles. The summed E-state index contributed by atoms with van der Waals surface area (Å²) in [5.41, 5.74) is 8.54. The molecule has 0 radical (unpaired) electrons. The van der Waals surface area contributed by atoms with Gasteiger partial charge in [-0.2, -0.15) is 0 Å². The molecular weight excluding hydrogens is 609 g/mol. The maximum absolute atomic E-state index is 5.37. The lowest BCUT2D eigenvalue weighted by Gasteiger charge is -2.13. The first-order chi connectivity index (χ1) is 24.8. The number of hydrogen-bond donors (Lipinski definition) is 0. The summed E-state index contributed by atoms with van der Waals surface area (Å²) in [6.45, 7) is 0. The lowest BCUT2D eigenvalue weighted by Crippen LogP contribution is -2.04. The number of para-hydroxylation sites is 2. The number of hydrogen-bond acceptors (Lipinski definition) is 2. The van der Waals surface area contributed by atoms with E-state index in [2.05, 4.69) is 173 Å². The molecule has 232 valence electrons. The van der Waals surface area contributed by atoms with Crippen molar-refractivity contribution in [1.82, 2.24) is 19.1 Å². The van der Waals surface area contributed by atoms with Crippen LogP contribution in [0.1, 0.15) is 0 Å². The van der Waals surface area contributed by atoms with Crippen LogP contribution < -0.4 is 0 Å². The zero-order valence-electron chi connectivity index (χ0n) is 27.0. The highest BCUT2D eigenvalue weighted by molar-refractivity contribution is 6.22. The quantitative estimate of drug-likeness (QED) is 0.193. The molecule has 8 aromatic carbocycles. The summed E-state index contributed by atoms with van der Waals surface area (Å²) in [5, 5.41) is 10.8. The summed E-state index contributed by atoms with van der Waals surface area (Å²) < 4.78 is 4.70. The van der Waals surface area contributed by atoms with Gasteiger partial charge in [0.05, 0.1) is 33.3 Å². The van der Waals surface area contributed by atoms with Crippen LogP contribution in [-0.4, -0.2) is 19.1 Å². The summed E-state index contributed by atoms with van der Waals surface area (Å²) in [7, 11) is 0.